The average Bonchev–Trinajstić information content (AvgIpc) is 2.39. The maximum absolute atomic E-state index is 12.0. The van der Waals surface area contributed by atoms with Gasteiger partial charge in [0.25, 0.3) is 0 Å². The van der Waals surface area contributed by atoms with Crippen molar-refractivity contribution >= 4 is 34.8 Å². The molecule has 1 fully saturated rings. The third kappa shape index (κ3) is 3.40. The van der Waals surface area contributed by atoms with Crippen LogP contribution in [0, 0.1) is 0 Å². The highest BCUT2D eigenvalue weighted by Crippen LogP contribution is 2.22. The van der Waals surface area contributed by atoms with Crippen molar-refractivity contribution in [2.75, 3.05) is 30.7 Å². The van der Waals surface area contributed by atoms with Gasteiger partial charge >= 0.3 is 0 Å². The zero-order chi connectivity index (χ0) is 14.7. The fourth-order valence-corrected chi connectivity index (χ4v) is 2.17. The van der Waals surface area contributed by atoms with Crippen LogP contribution in [-0.4, -0.2) is 42.4 Å². The molecular formula is C13H17ClN4O2. The second-order valence-electron chi connectivity index (χ2n) is 4.72. The molecule has 1 saturated heterocycles. The topological polar surface area (TPSA) is 87.5 Å². The number of carbonyl (C=O) groups excluding carboxylic acids is 2. The molecule has 6 nitrogen and oxygen atoms in total. The number of nitrogens with zero attached hydrogens (tertiary/aromatic N) is 1. The molecule has 2 amide bonds. The van der Waals surface area contributed by atoms with Crippen LogP contribution in [0.5, 0.6) is 0 Å². The summed E-state index contributed by atoms with van der Waals surface area (Å²) in [5.74, 6) is -0.243. The summed E-state index contributed by atoms with van der Waals surface area (Å²) < 4.78 is 0. The van der Waals surface area contributed by atoms with Crippen LogP contribution >= 0.6 is 11.6 Å². The molecule has 1 heterocycles. The van der Waals surface area contributed by atoms with E-state index < -0.39 is 0 Å². The van der Waals surface area contributed by atoms with Gasteiger partial charge in [-0.25, -0.2) is 0 Å². The smallest absolute Gasteiger partial charge is 0.238 e. The van der Waals surface area contributed by atoms with E-state index in [0.29, 0.717) is 29.5 Å². The Morgan fingerprint density at radius 1 is 1.60 bits per heavy atom. The van der Waals surface area contributed by atoms with Crippen molar-refractivity contribution in [1.82, 2.24) is 10.2 Å². The Bertz CT molecular complexity index is 535. The Balaban J connectivity index is 1.95. The van der Waals surface area contributed by atoms with Gasteiger partial charge in [0.2, 0.25) is 11.8 Å². The summed E-state index contributed by atoms with van der Waals surface area (Å²) in [6.07, 6.45) is 0. The number of piperazine rings is 1. The second kappa shape index (κ2) is 6.11. The van der Waals surface area contributed by atoms with E-state index in [9.17, 15) is 9.59 Å². The minimum absolute atomic E-state index is 0.0558. The highest BCUT2D eigenvalue weighted by molar-refractivity contribution is 6.33. The molecule has 1 aliphatic heterocycles. The maximum atomic E-state index is 12.0. The standard InChI is InChI=1S/C13H17ClN4O2/c1-8-13(20)16-4-5-18(8)7-12(19)17-9-2-3-10(14)11(15)6-9/h2-3,6,8H,4-5,7,15H2,1H3,(H,16,20)(H,17,19). The molecule has 108 valence electrons. The lowest BCUT2D eigenvalue weighted by Crippen LogP contribution is -2.55. The van der Waals surface area contributed by atoms with Gasteiger partial charge in [-0.05, 0) is 25.1 Å². The van der Waals surface area contributed by atoms with E-state index in [4.69, 9.17) is 17.3 Å². The molecule has 20 heavy (non-hydrogen) atoms. The number of nitrogen functional groups attached to an aromatic ring is 1. The normalized spacial score (nSPS) is 19.5. The van der Waals surface area contributed by atoms with Crippen molar-refractivity contribution in [2.45, 2.75) is 13.0 Å². The van der Waals surface area contributed by atoms with Crippen molar-refractivity contribution in [1.29, 1.82) is 0 Å². The first-order valence-electron chi connectivity index (χ1n) is 6.34. The molecular weight excluding hydrogens is 280 g/mol. The van der Waals surface area contributed by atoms with Crippen LogP contribution in [0.1, 0.15) is 6.92 Å². The van der Waals surface area contributed by atoms with Gasteiger partial charge in [0.1, 0.15) is 0 Å². The minimum Gasteiger partial charge on any atom is -0.397 e. The molecule has 1 aliphatic rings. The lowest BCUT2D eigenvalue weighted by molar-refractivity contribution is -0.129. The average molecular weight is 297 g/mol. The number of rotatable bonds is 3. The molecule has 0 spiro atoms. The zero-order valence-corrected chi connectivity index (χ0v) is 11.9. The van der Waals surface area contributed by atoms with Crippen LogP contribution < -0.4 is 16.4 Å². The molecule has 1 atom stereocenters. The van der Waals surface area contributed by atoms with Crippen molar-refractivity contribution in [3.63, 3.8) is 0 Å². The lowest BCUT2D eigenvalue weighted by Gasteiger charge is -2.31. The number of hydrogen-bond donors (Lipinski definition) is 3. The highest BCUT2D eigenvalue weighted by Gasteiger charge is 2.26. The number of halogens is 1. The van der Waals surface area contributed by atoms with Gasteiger partial charge in [-0.15, -0.1) is 0 Å². The van der Waals surface area contributed by atoms with E-state index >= 15 is 0 Å². The first-order valence-corrected chi connectivity index (χ1v) is 6.72. The quantitative estimate of drug-likeness (QED) is 0.716. The lowest BCUT2D eigenvalue weighted by atomic mass is 10.2. The van der Waals surface area contributed by atoms with Crippen molar-refractivity contribution in [2.24, 2.45) is 0 Å². The maximum Gasteiger partial charge on any atom is 0.238 e. The monoisotopic (exact) mass is 296 g/mol. The van der Waals surface area contributed by atoms with Crippen LogP contribution in [0.2, 0.25) is 5.02 Å². The van der Waals surface area contributed by atoms with Gasteiger partial charge in [-0.3, -0.25) is 14.5 Å². The number of benzene rings is 1. The van der Waals surface area contributed by atoms with Crippen molar-refractivity contribution in [3.8, 4) is 0 Å². The molecule has 0 aromatic heterocycles. The van der Waals surface area contributed by atoms with Crippen LogP contribution in [0.3, 0.4) is 0 Å². The Labute approximate surface area is 122 Å². The Hall–Kier alpha value is -1.79. The molecule has 7 heteroatoms. The van der Waals surface area contributed by atoms with Crippen molar-refractivity contribution in [3.05, 3.63) is 23.2 Å². The first kappa shape index (κ1) is 14.6. The molecule has 2 rings (SSSR count). The van der Waals surface area contributed by atoms with Gasteiger partial charge < -0.3 is 16.4 Å². The number of carbonyl (C=O) groups is 2. The molecule has 4 N–H and O–H groups in total. The summed E-state index contributed by atoms with van der Waals surface area (Å²) in [5.41, 5.74) is 6.68. The molecule has 1 aromatic rings. The third-order valence-corrected chi connectivity index (χ3v) is 3.60. The van der Waals surface area contributed by atoms with Gasteiger partial charge in [-0.2, -0.15) is 0 Å². The molecule has 1 unspecified atom stereocenters. The van der Waals surface area contributed by atoms with E-state index in [2.05, 4.69) is 10.6 Å². The molecule has 0 bridgehead atoms. The number of amides is 2. The zero-order valence-electron chi connectivity index (χ0n) is 11.1. The summed E-state index contributed by atoms with van der Waals surface area (Å²) in [6.45, 7) is 3.16. The number of nitrogens with one attached hydrogen (secondary N) is 2. The van der Waals surface area contributed by atoms with Crippen LogP contribution in [0.15, 0.2) is 18.2 Å². The summed E-state index contributed by atoms with van der Waals surface area (Å²) in [6, 6.07) is 4.61. The van der Waals surface area contributed by atoms with E-state index in [1.54, 1.807) is 25.1 Å². The molecule has 0 aliphatic carbocycles. The van der Waals surface area contributed by atoms with Gasteiger partial charge in [0.05, 0.1) is 23.3 Å². The number of anilines is 2. The fourth-order valence-electron chi connectivity index (χ4n) is 2.05. The predicted molar refractivity (Wildman–Crippen MR) is 78.5 cm³/mol. The molecule has 1 aromatic carbocycles. The Morgan fingerprint density at radius 2 is 2.35 bits per heavy atom. The van der Waals surface area contributed by atoms with Crippen LogP contribution in [0.4, 0.5) is 11.4 Å². The number of nitrogens with two attached hydrogens (primary N) is 1. The van der Waals surface area contributed by atoms with E-state index in [1.165, 1.54) is 0 Å². The van der Waals surface area contributed by atoms with Crippen molar-refractivity contribution < 1.29 is 9.59 Å². The number of hydrogen-bond acceptors (Lipinski definition) is 4. The van der Waals surface area contributed by atoms with Gasteiger partial charge in [-0.1, -0.05) is 11.6 Å². The summed E-state index contributed by atoms with van der Waals surface area (Å²) in [4.78, 5) is 25.3. The van der Waals surface area contributed by atoms with E-state index in [0.717, 1.165) is 0 Å². The summed E-state index contributed by atoms with van der Waals surface area (Å²) in [7, 11) is 0. The minimum atomic E-state index is -0.301. The van der Waals surface area contributed by atoms with E-state index in [-0.39, 0.29) is 24.4 Å². The summed E-state index contributed by atoms with van der Waals surface area (Å²) >= 11 is 5.82. The SMILES string of the molecule is CC1C(=O)NCCN1CC(=O)Nc1ccc(Cl)c(N)c1. The second-order valence-corrected chi connectivity index (χ2v) is 5.13. The summed E-state index contributed by atoms with van der Waals surface area (Å²) in [5, 5.41) is 5.95. The fraction of sp³-hybridized carbons (Fsp3) is 0.385. The largest absolute Gasteiger partial charge is 0.397 e. The van der Waals surface area contributed by atoms with Gasteiger partial charge in [0.15, 0.2) is 0 Å². The first-order chi connectivity index (χ1) is 9.47. The van der Waals surface area contributed by atoms with Gasteiger partial charge in [0, 0.05) is 18.8 Å². The predicted octanol–water partition coefficient (Wildman–Crippen LogP) is 0.681. The Kier molecular flexibility index (Phi) is 4.46. The molecule has 0 saturated carbocycles. The Morgan fingerprint density at radius 3 is 3.05 bits per heavy atom. The van der Waals surface area contributed by atoms with E-state index in [1.807, 2.05) is 4.90 Å². The highest BCUT2D eigenvalue weighted by atomic mass is 35.5. The van der Waals surface area contributed by atoms with Crippen LogP contribution in [-0.2, 0) is 9.59 Å². The van der Waals surface area contributed by atoms with Crippen LogP contribution in [0.25, 0.3) is 0 Å². The molecule has 0 radical (unpaired) electrons. The third-order valence-electron chi connectivity index (χ3n) is 3.25.